The summed E-state index contributed by atoms with van der Waals surface area (Å²) in [6.45, 7) is 2.10. The minimum absolute atomic E-state index is 0.160. The van der Waals surface area contributed by atoms with Crippen molar-refractivity contribution in [2.45, 2.75) is 25.4 Å². The van der Waals surface area contributed by atoms with Crippen LogP contribution in [0.15, 0.2) is 59.0 Å². The molecule has 6 nitrogen and oxygen atoms in total. The highest BCUT2D eigenvalue weighted by Crippen LogP contribution is 2.29. The number of carbonyl (C=O) groups is 1. The van der Waals surface area contributed by atoms with Gasteiger partial charge in [-0.05, 0) is 55.8 Å². The van der Waals surface area contributed by atoms with E-state index in [-0.39, 0.29) is 24.2 Å². The fraction of sp³-hybridized carbons (Fsp3) is 0.318. The van der Waals surface area contributed by atoms with Gasteiger partial charge in [-0.25, -0.2) is 4.39 Å². The number of nitrogens with zero attached hydrogens (tertiary/aromatic N) is 3. The molecule has 0 amide bonds. The van der Waals surface area contributed by atoms with E-state index >= 15 is 0 Å². The van der Waals surface area contributed by atoms with Crippen LogP contribution in [0.25, 0.3) is 11.5 Å². The quantitative estimate of drug-likeness (QED) is 0.592. The van der Waals surface area contributed by atoms with Gasteiger partial charge in [-0.1, -0.05) is 30.3 Å². The number of esters is 1. The summed E-state index contributed by atoms with van der Waals surface area (Å²) in [5.41, 5.74) is 1.68. The molecule has 1 aromatic heterocycles. The van der Waals surface area contributed by atoms with Crippen LogP contribution in [0.1, 0.15) is 30.2 Å². The zero-order valence-electron chi connectivity index (χ0n) is 16.0. The maximum Gasteiger partial charge on any atom is 0.320 e. The molecule has 0 radical (unpaired) electrons. The maximum atomic E-state index is 13.1. The molecule has 1 saturated heterocycles. The van der Waals surface area contributed by atoms with Gasteiger partial charge in [0.15, 0.2) is 0 Å². The second-order valence-electron chi connectivity index (χ2n) is 7.15. The molecule has 0 atom stereocenters. The third-order valence-corrected chi connectivity index (χ3v) is 5.06. The molecule has 7 heteroatoms. The SMILES string of the molecule is O=C(CN1CCC(c2nnc(-c3ccc(F)cc3)o2)CC1)OCc1ccccc1. The van der Waals surface area contributed by atoms with Gasteiger partial charge in [0.25, 0.3) is 0 Å². The van der Waals surface area contributed by atoms with Gasteiger partial charge in [0, 0.05) is 11.5 Å². The highest BCUT2D eigenvalue weighted by Gasteiger charge is 2.26. The number of ether oxygens (including phenoxy) is 1. The molecule has 4 rings (SSSR count). The van der Waals surface area contributed by atoms with Gasteiger partial charge in [0.05, 0.1) is 6.54 Å². The van der Waals surface area contributed by atoms with Crippen molar-refractivity contribution < 1.29 is 18.3 Å². The molecule has 29 heavy (non-hydrogen) atoms. The van der Waals surface area contributed by atoms with Crippen LogP contribution < -0.4 is 0 Å². The normalized spacial score (nSPS) is 15.3. The number of benzene rings is 2. The van der Waals surface area contributed by atoms with Crippen molar-refractivity contribution in [3.05, 3.63) is 71.9 Å². The Morgan fingerprint density at radius 3 is 2.52 bits per heavy atom. The predicted molar refractivity (Wildman–Crippen MR) is 104 cm³/mol. The highest BCUT2D eigenvalue weighted by atomic mass is 19.1. The Morgan fingerprint density at radius 1 is 1.07 bits per heavy atom. The molecule has 1 fully saturated rings. The Labute approximate surface area is 168 Å². The fourth-order valence-corrected chi connectivity index (χ4v) is 3.41. The predicted octanol–water partition coefficient (Wildman–Crippen LogP) is 3.80. The third kappa shape index (κ3) is 5.06. The van der Waals surface area contributed by atoms with Crippen LogP contribution >= 0.6 is 0 Å². The summed E-state index contributed by atoms with van der Waals surface area (Å²) >= 11 is 0. The lowest BCUT2D eigenvalue weighted by Crippen LogP contribution is -2.37. The average molecular weight is 395 g/mol. The third-order valence-electron chi connectivity index (χ3n) is 5.06. The summed E-state index contributed by atoms with van der Waals surface area (Å²) in [7, 11) is 0. The van der Waals surface area contributed by atoms with Crippen LogP contribution in [-0.2, 0) is 16.1 Å². The van der Waals surface area contributed by atoms with E-state index in [1.54, 1.807) is 12.1 Å². The summed E-state index contributed by atoms with van der Waals surface area (Å²) in [5, 5.41) is 8.25. The molecular formula is C22H22FN3O3. The van der Waals surface area contributed by atoms with E-state index in [1.807, 2.05) is 30.3 Å². The van der Waals surface area contributed by atoms with Crippen molar-refractivity contribution in [1.82, 2.24) is 15.1 Å². The smallest absolute Gasteiger partial charge is 0.320 e. The van der Waals surface area contributed by atoms with Gasteiger partial charge in [-0.2, -0.15) is 0 Å². The van der Waals surface area contributed by atoms with E-state index in [1.165, 1.54) is 12.1 Å². The van der Waals surface area contributed by atoms with E-state index in [4.69, 9.17) is 9.15 Å². The van der Waals surface area contributed by atoms with Gasteiger partial charge in [0.2, 0.25) is 11.8 Å². The zero-order chi connectivity index (χ0) is 20.1. The van der Waals surface area contributed by atoms with Crippen molar-refractivity contribution in [2.75, 3.05) is 19.6 Å². The number of rotatable bonds is 6. The Kier molecular flexibility index (Phi) is 5.95. The molecular weight excluding hydrogens is 373 g/mol. The molecule has 2 aromatic carbocycles. The van der Waals surface area contributed by atoms with Crippen molar-refractivity contribution >= 4 is 5.97 Å². The number of likely N-dealkylation sites (tertiary alicyclic amines) is 1. The maximum absolute atomic E-state index is 13.1. The second kappa shape index (κ2) is 8.96. The lowest BCUT2D eigenvalue weighted by atomic mass is 9.97. The minimum Gasteiger partial charge on any atom is -0.460 e. The Hall–Kier alpha value is -3.06. The van der Waals surface area contributed by atoms with Gasteiger partial charge < -0.3 is 9.15 Å². The molecule has 0 bridgehead atoms. The number of hydrogen-bond acceptors (Lipinski definition) is 6. The summed E-state index contributed by atoms with van der Waals surface area (Å²) in [5.74, 6) is 0.627. The highest BCUT2D eigenvalue weighted by molar-refractivity contribution is 5.71. The lowest BCUT2D eigenvalue weighted by Gasteiger charge is -2.29. The van der Waals surface area contributed by atoms with Gasteiger partial charge in [0.1, 0.15) is 12.4 Å². The largest absolute Gasteiger partial charge is 0.460 e. The average Bonchev–Trinajstić information content (AvgIpc) is 3.24. The summed E-state index contributed by atoms with van der Waals surface area (Å²) in [4.78, 5) is 14.2. The molecule has 0 spiro atoms. The van der Waals surface area contributed by atoms with E-state index in [9.17, 15) is 9.18 Å². The lowest BCUT2D eigenvalue weighted by molar-refractivity contribution is -0.146. The number of piperidine rings is 1. The number of hydrogen-bond donors (Lipinski definition) is 0. The number of carbonyl (C=O) groups excluding carboxylic acids is 1. The van der Waals surface area contributed by atoms with Gasteiger partial charge >= 0.3 is 5.97 Å². The van der Waals surface area contributed by atoms with E-state index < -0.39 is 0 Å². The van der Waals surface area contributed by atoms with E-state index in [0.29, 0.717) is 24.0 Å². The molecule has 0 unspecified atom stereocenters. The number of aromatic nitrogens is 2. The topological polar surface area (TPSA) is 68.5 Å². The monoisotopic (exact) mass is 395 g/mol. The summed E-state index contributed by atoms with van der Waals surface area (Å²) in [6.07, 6.45) is 1.66. The van der Waals surface area contributed by atoms with Crippen molar-refractivity contribution in [3.63, 3.8) is 0 Å². The van der Waals surface area contributed by atoms with Crippen LogP contribution in [0, 0.1) is 5.82 Å². The Bertz CT molecular complexity index is 935. The first-order valence-corrected chi connectivity index (χ1v) is 9.68. The first-order chi connectivity index (χ1) is 14.2. The molecule has 0 N–H and O–H groups in total. The molecule has 0 aliphatic carbocycles. The Morgan fingerprint density at radius 2 is 1.79 bits per heavy atom. The van der Waals surface area contributed by atoms with Crippen molar-refractivity contribution in [1.29, 1.82) is 0 Å². The van der Waals surface area contributed by atoms with Crippen LogP contribution in [0.2, 0.25) is 0 Å². The zero-order valence-corrected chi connectivity index (χ0v) is 16.0. The number of halogens is 1. The Balaban J connectivity index is 1.25. The molecule has 1 aliphatic rings. The van der Waals surface area contributed by atoms with Crippen molar-refractivity contribution in [2.24, 2.45) is 0 Å². The van der Waals surface area contributed by atoms with Crippen LogP contribution in [-0.4, -0.2) is 40.7 Å². The van der Waals surface area contributed by atoms with Gasteiger partial charge in [-0.3, -0.25) is 9.69 Å². The molecule has 2 heterocycles. The van der Waals surface area contributed by atoms with Crippen molar-refractivity contribution in [3.8, 4) is 11.5 Å². The summed E-state index contributed by atoms with van der Waals surface area (Å²) in [6, 6.07) is 15.6. The first-order valence-electron chi connectivity index (χ1n) is 9.68. The van der Waals surface area contributed by atoms with Crippen LogP contribution in [0.5, 0.6) is 0 Å². The fourth-order valence-electron chi connectivity index (χ4n) is 3.41. The minimum atomic E-state index is -0.303. The van der Waals surface area contributed by atoms with E-state index in [0.717, 1.165) is 31.5 Å². The van der Waals surface area contributed by atoms with Gasteiger partial charge in [-0.15, -0.1) is 10.2 Å². The molecule has 150 valence electrons. The molecule has 1 aliphatic heterocycles. The second-order valence-corrected chi connectivity index (χ2v) is 7.15. The first kappa shape index (κ1) is 19.3. The summed E-state index contributed by atoms with van der Waals surface area (Å²) < 4.78 is 24.2. The van der Waals surface area contributed by atoms with Crippen LogP contribution in [0.4, 0.5) is 4.39 Å². The molecule has 0 saturated carbocycles. The van der Waals surface area contributed by atoms with E-state index in [2.05, 4.69) is 15.1 Å². The van der Waals surface area contributed by atoms with Crippen LogP contribution in [0.3, 0.4) is 0 Å². The standard InChI is InChI=1S/C22H22FN3O3/c23-19-8-6-17(7-9-19)21-24-25-22(29-21)18-10-12-26(13-11-18)14-20(27)28-15-16-4-2-1-3-5-16/h1-9,18H,10-15H2. The molecule has 3 aromatic rings.